The first-order chi connectivity index (χ1) is 12.6. The second-order valence-corrected chi connectivity index (χ2v) is 5.61. The fraction of sp³-hybridized carbons (Fsp3) is 0.278. The summed E-state index contributed by atoms with van der Waals surface area (Å²) in [4.78, 5) is 29.1. The largest absolute Gasteiger partial charge is 0.463 e. The molecule has 0 bridgehead atoms. The summed E-state index contributed by atoms with van der Waals surface area (Å²) < 4.78 is 17.4. The maximum Gasteiger partial charge on any atom is 0.356 e. The molecule has 1 unspecified atom stereocenters. The summed E-state index contributed by atoms with van der Waals surface area (Å²) in [5.41, 5.74) is 2.10. The van der Waals surface area contributed by atoms with E-state index in [-0.39, 0.29) is 5.69 Å². The van der Waals surface area contributed by atoms with Crippen LogP contribution in [-0.2, 0) is 21.3 Å². The third-order valence-corrected chi connectivity index (χ3v) is 3.93. The predicted molar refractivity (Wildman–Crippen MR) is 92.5 cm³/mol. The van der Waals surface area contributed by atoms with Gasteiger partial charge in [-0.05, 0) is 6.07 Å². The average Bonchev–Trinajstić information content (AvgIpc) is 3.23. The van der Waals surface area contributed by atoms with Crippen LogP contribution in [0.3, 0.4) is 0 Å². The van der Waals surface area contributed by atoms with E-state index in [1.54, 1.807) is 48.3 Å². The summed E-state index contributed by atoms with van der Waals surface area (Å²) in [7, 11) is 3.27. The number of rotatable bonds is 7. The first kappa shape index (κ1) is 17.7. The Bertz CT molecular complexity index is 900. The molecule has 0 spiro atoms. The van der Waals surface area contributed by atoms with Crippen LogP contribution in [0.4, 0.5) is 0 Å². The lowest BCUT2D eigenvalue weighted by Crippen LogP contribution is -2.34. The summed E-state index contributed by atoms with van der Waals surface area (Å²) >= 11 is 0. The van der Waals surface area contributed by atoms with Gasteiger partial charge >= 0.3 is 5.97 Å². The SMILES string of the molecule is COCCNC(=O)C(OC(=O)c1cc2occc2n1C)c1cccnc1. The summed E-state index contributed by atoms with van der Waals surface area (Å²) in [6.07, 6.45) is 3.50. The molecule has 0 aliphatic heterocycles. The zero-order chi connectivity index (χ0) is 18.5. The number of methoxy groups -OCH3 is 1. The first-order valence-corrected chi connectivity index (χ1v) is 8.02. The number of carbonyl (C=O) groups is 2. The fourth-order valence-corrected chi connectivity index (χ4v) is 2.59. The number of aromatic nitrogens is 2. The van der Waals surface area contributed by atoms with E-state index in [9.17, 15) is 9.59 Å². The van der Waals surface area contributed by atoms with Crippen LogP contribution in [0.5, 0.6) is 0 Å². The van der Waals surface area contributed by atoms with Crippen LogP contribution in [0, 0.1) is 0 Å². The Hall–Kier alpha value is -3.13. The minimum absolute atomic E-state index is 0.290. The van der Waals surface area contributed by atoms with Crippen molar-refractivity contribution in [3.63, 3.8) is 0 Å². The van der Waals surface area contributed by atoms with Crippen molar-refractivity contribution >= 4 is 23.0 Å². The van der Waals surface area contributed by atoms with Crippen molar-refractivity contribution in [3.05, 3.63) is 54.2 Å². The molecule has 0 aliphatic carbocycles. The Balaban J connectivity index is 1.82. The minimum atomic E-state index is -1.12. The number of ether oxygens (including phenoxy) is 2. The lowest BCUT2D eigenvalue weighted by molar-refractivity contribution is -0.130. The lowest BCUT2D eigenvalue weighted by Gasteiger charge is -2.18. The standard InChI is InChI=1S/C18H19N3O5/c1-21-13-5-8-25-15(13)10-14(21)18(23)26-16(12-4-3-6-19-11-12)17(22)20-7-9-24-2/h3-6,8,10-11,16H,7,9H2,1-2H3,(H,20,22). The quantitative estimate of drug-likeness (QED) is 0.512. The van der Waals surface area contributed by atoms with Crippen molar-refractivity contribution in [3.8, 4) is 0 Å². The van der Waals surface area contributed by atoms with E-state index in [0.717, 1.165) is 5.52 Å². The molecule has 136 valence electrons. The molecule has 1 amide bonds. The maximum absolute atomic E-state index is 12.6. The van der Waals surface area contributed by atoms with Crippen LogP contribution >= 0.6 is 0 Å². The van der Waals surface area contributed by atoms with Crippen molar-refractivity contribution in [1.82, 2.24) is 14.9 Å². The molecular weight excluding hydrogens is 338 g/mol. The summed E-state index contributed by atoms with van der Waals surface area (Å²) in [5.74, 6) is -1.07. The van der Waals surface area contributed by atoms with Gasteiger partial charge in [0, 0.05) is 50.8 Å². The number of esters is 1. The number of furan rings is 1. The molecule has 8 heteroatoms. The number of aryl methyl sites for hydroxylation is 1. The number of amides is 1. The highest BCUT2D eigenvalue weighted by Gasteiger charge is 2.27. The molecular formula is C18H19N3O5. The molecule has 1 N–H and O–H groups in total. The molecule has 3 heterocycles. The van der Waals surface area contributed by atoms with Crippen LogP contribution in [0.2, 0.25) is 0 Å². The number of pyridine rings is 1. The number of hydrogen-bond acceptors (Lipinski definition) is 6. The highest BCUT2D eigenvalue weighted by atomic mass is 16.5. The zero-order valence-corrected chi connectivity index (χ0v) is 14.5. The normalized spacial score (nSPS) is 12.1. The molecule has 3 aromatic rings. The molecule has 8 nitrogen and oxygen atoms in total. The molecule has 3 aromatic heterocycles. The van der Waals surface area contributed by atoms with Crippen LogP contribution in [0.25, 0.3) is 11.1 Å². The summed E-state index contributed by atoms with van der Waals surface area (Å²) in [5, 5.41) is 2.68. The van der Waals surface area contributed by atoms with E-state index < -0.39 is 18.0 Å². The Morgan fingerprint density at radius 1 is 1.38 bits per heavy atom. The Labute approximate surface area is 149 Å². The van der Waals surface area contributed by atoms with E-state index in [1.807, 2.05) is 0 Å². The molecule has 0 aromatic carbocycles. The van der Waals surface area contributed by atoms with Gasteiger partial charge in [-0.15, -0.1) is 0 Å². The van der Waals surface area contributed by atoms with Gasteiger partial charge in [0.2, 0.25) is 6.10 Å². The second-order valence-electron chi connectivity index (χ2n) is 5.61. The predicted octanol–water partition coefficient (Wildman–Crippen LogP) is 1.83. The molecule has 0 aliphatic rings. The molecule has 1 atom stereocenters. The Morgan fingerprint density at radius 2 is 2.23 bits per heavy atom. The van der Waals surface area contributed by atoms with Gasteiger partial charge in [0.1, 0.15) is 5.69 Å². The van der Waals surface area contributed by atoms with Gasteiger partial charge in [-0.3, -0.25) is 9.78 Å². The second kappa shape index (κ2) is 7.83. The van der Waals surface area contributed by atoms with Crippen LogP contribution in [0.15, 0.2) is 47.3 Å². The Kier molecular flexibility index (Phi) is 5.33. The fourth-order valence-electron chi connectivity index (χ4n) is 2.59. The topological polar surface area (TPSA) is 95.6 Å². The number of nitrogens with zero attached hydrogens (tertiary/aromatic N) is 2. The van der Waals surface area contributed by atoms with Crippen LogP contribution in [-0.4, -0.2) is 41.7 Å². The molecule has 0 saturated carbocycles. The van der Waals surface area contributed by atoms with Gasteiger partial charge in [-0.1, -0.05) is 6.07 Å². The minimum Gasteiger partial charge on any atom is -0.463 e. The van der Waals surface area contributed by atoms with E-state index in [0.29, 0.717) is 24.3 Å². The van der Waals surface area contributed by atoms with Gasteiger partial charge < -0.3 is 23.8 Å². The summed E-state index contributed by atoms with van der Waals surface area (Å²) in [6.45, 7) is 0.661. The van der Waals surface area contributed by atoms with Crippen molar-refractivity contribution in [2.45, 2.75) is 6.10 Å². The zero-order valence-electron chi connectivity index (χ0n) is 14.5. The summed E-state index contributed by atoms with van der Waals surface area (Å²) in [6, 6.07) is 6.69. The van der Waals surface area contributed by atoms with E-state index in [1.165, 1.54) is 13.3 Å². The average molecular weight is 357 g/mol. The van der Waals surface area contributed by atoms with E-state index in [4.69, 9.17) is 13.9 Å². The molecule has 3 rings (SSSR count). The first-order valence-electron chi connectivity index (χ1n) is 8.02. The maximum atomic E-state index is 12.6. The van der Waals surface area contributed by atoms with Gasteiger partial charge in [-0.25, -0.2) is 4.79 Å². The number of fused-ring (bicyclic) bond motifs is 1. The number of hydrogen-bond donors (Lipinski definition) is 1. The Morgan fingerprint density at radius 3 is 2.92 bits per heavy atom. The molecule has 0 radical (unpaired) electrons. The van der Waals surface area contributed by atoms with Crippen LogP contribution < -0.4 is 5.32 Å². The van der Waals surface area contributed by atoms with E-state index in [2.05, 4.69) is 10.3 Å². The number of nitrogens with one attached hydrogen (secondary N) is 1. The molecule has 26 heavy (non-hydrogen) atoms. The molecule has 0 saturated heterocycles. The van der Waals surface area contributed by atoms with Gasteiger partial charge in [0.15, 0.2) is 5.58 Å². The third-order valence-electron chi connectivity index (χ3n) is 3.93. The van der Waals surface area contributed by atoms with Crippen molar-refractivity contribution < 1.29 is 23.5 Å². The van der Waals surface area contributed by atoms with Crippen molar-refractivity contribution in [2.24, 2.45) is 7.05 Å². The highest BCUT2D eigenvalue weighted by Crippen LogP contribution is 2.23. The lowest BCUT2D eigenvalue weighted by atomic mass is 10.1. The van der Waals surface area contributed by atoms with Crippen LogP contribution in [0.1, 0.15) is 22.2 Å². The molecule has 0 fully saturated rings. The van der Waals surface area contributed by atoms with E-state index >= 15 is 0 Å². The van der Waals surface area contributed by atoms with Gasteiger partial charge in [0.25, 0.3) is 5.91 Å². The monoisotopic (exact) mass is 357 g/mol. The highest BCUT2D eigenvalue weighted by molar-refractivity contribution is 5.95. The third kappa shape index (κ3) is 3.60. The van der Waals surface area contributed by atoms with Crippen molar-refractivity contribution in [1.29, 1.82) is 0 Å². The number of carbonyl (C=O) groups excluding carboxylic acids is 2. The smallest absolute Gasteiger partial charge is 0.356 e. The van der Waals surface area contributed by atoms with Gasteiger partial charge in [0.05, 0.1) is 18.4 Å². The van der Waals surface area contributed by atoms with Gasteiger partial charge in [-0.2, -0.15) is 0 Å². The van der Waals surface area contributed by atoms with Crippen molar-refractivity contribution in [2.75, 3.05) is 20.3 Å².